The molecule has 0 aliphatic carbocycles. The van der Waals surface area contributed by atoms with Crippen LogP contribution in [0, 0.1) is 0 Å². The minimum Gasteiger partial charge on any atom is -0.686 e. The first kappa shape index (κ1) is 30.7. The molecule has 0 N–H and O–H groups in total. The molecule has 0 aliphatic rings. The van der Waals surface area contributed by atoms with E-state index in [9.17, 15) is 0 Å². The first-order valence-electron chi connectivity index (χ1n) is 9.70. The number of allylic oxidation sites excluding steroid dienone is 4. The average Bonchev–Trinajstić information content (AvgIpc) is 2.33. The second kappa shape index (κ2) is 17.1. The van der Waals surface area contributed by atoms with Crippen LogP contribution in [0.15, 0.2) is 33.5 Å². The van der Waals surface area contributed by atoms with Gasteiger partial charge < -0.3 is 10.6 Å². The maximum absolute atomic E-state index is 4.40. The first-order chi connectivity index (χ1) is 11.8. The zero-order valence-electron chi connectivity index (χ0n) is 19.6. The van der Waals surface area contributed by atoms with Gasteiger partial charge in [0, 0.05) is 23.5 Å². The van der Waals surface area contributed by atoms with Crippen LogP contribution in [0.25, 0.3) is 10.6 Å². The molecule has 0 saturated heterocycles. The molecule has 0 bridgehead atoms. The van der Waals surface area contributed by atoms with Crippen LogP contribution in [-0.2, 0) is 17.1 Å². The van der Waals surface area contributed by atoms with Crippen molar-refractivity contribution in [2.45, 2.75) is 107 Å². The molecule has 0 aliphatic heterocycles. The van der Waals surface area contributed by atoms with Gasteiger partial charge in [0.15, 0.2) is 0 Å². The van der Waals surface area contributed by atoms with E-state index in [1.807, 2.05) is 39.8 Å². The van der Waals surface area contributed by atoms with Crippen LogP contribution >= 0.6 is 0 Å². The van der Waals surface area contributed by atoms with Crippen molar-refractivity contribution in [3.63, 3.8) is 0 Å². The second-order valence-electron chi connectivity index (χ2n) is 7.75. The molecule has 0 rings (SSSR count). The summed E-state index contributed by atoms with van der Waals surface area (Å²) in [5.74, 6) is 0. The Morgan fingerprint density at radius 3 is 1.04 bits per heavy atom. The van der Waals surface area contributed by atoms with E-state index < -0.39 is 0 Å². The Morgan fingerprint density at radius 1 is 0.593 bits per heavy atom. The summed E-state index contributed by atoms with van der Waals surface area (Å²) >= 11 is 0. The minimum absolute atomic E-state index is 0. The van der Waals surface area contributed by atoms with Gasteiger partial charge in [-0.25, -0.2) is 0 Å². The average molecular weight is 418 g/mol. The Hall–Kier alpha value is -1.06. The molecule has 0 saturated carbocycles. The van der Waals surface area contributed by atoms with Crippen LogP contribution in [0.3, 0.4) is 0 Å². The van der Waals surface area contributed by atoms with E-state index in [1.165, 1.54) is 0 Å². The van der Waals surface area contributed by atoms with Gasteiger partial charge in [0.2, 0.25) is 0 Å². The zero-order chi connectivity index (χ0) is 20.9. The van der Waals surface area contributed by atoms with E-state index in [4.69, 9.17) is 0 Å². The Morgan fingerprint density at radius 2 is 0.852 bits per heavy atom. The summed E-state index contributed by atoms with van der Waals surface area (Å²) < 4.78 is 0. The molecule has 0 fully saturated rings. The Bertz CT molecular complexity index is 452. The molecule has 157 valence electrons. The van der Waals surface area contributed by atoms with Crippen LogP contribution in [0.4, 0.5) is 0 Å². The van der Waals surface area contributed by atoms with E-state index in [0.29, 0.717) is 24.2 Å². The van der Waals surface area contributed by atoms with E-state index in [1.54, 1.807) is 0 Å². The molecule has 0 unspecified atom stereocenters. The van der Waals surface area contributed by atoms with Crippen molar-refractivity contribution < 1.29 is 17.1 Å². The van der Waals surface area contributed by atoms with Crippen molar-refractivity contribution in [3.05, 3.63) is 34.2 Å². The molecule has 27 heavy (non-hydrogen) atoms. The van der Waals surface area contributed by atoms with Gasteiger partial charge in [-0.2, -0.15) is 11.4 Å². The Labute approximate surface area is 180 Å². The summed E-state index contributed by atoms with van der Waals surface area (Å²) in [5.41, 5.74) is 4.21. The molecular weight excluding hydrogens is 375 g/mol. The zero-order valence-corrected chi connectivity index (χ0v) is 20.8. The van der Waals surface area contributed by atoms with Gasteiger partial charge in [0.05, 0.1) is 0 Å². The number of hydrogen-bond donors (Lipinski definition) is 0. The van der Waals surface area contributed by atoms with E-state index in [2.05, 4.69) is 76.0 Å². The minimum atomic E-state index is 0. The smallest absolute Gasteiger partial charge is 0.686 e. The number of aliphatic imine (C=N–C) groups is 2. The number of rotatable bonds is 8. The summed E-state index contributed by atoms with van der Waals surface area (Å²) in [6.07, 6.45) is 4.06. The summed E-state index contributed by atoms with van der Waals surface area (Å²) in [6.45, 7) is 24.7. The second-order valence-corrected chi connectivity index (χ2v) is 7.75. The van der Waals surface area contributed by atoms with Gasteiger partial charge in [0.1, 0.15) is 0 Å². The van der Waals surface area contributed by atoms with Crippen molar-refractivity contribution >= 4 is 11.4 Å². The molecule has 0 aromatic heterocycles. The predicted octanol–water partition coefficient (Wildman–Crippen LogP) is 7.08. The topological polar surface area (TPSA) is 52.9 Å². The first-order valence-corrected chi connectivity index (χ1v) is 9.70. The van der Waals surface area contributed by atoms with Gasteiger partial charge in [-0.05, 0) is 41.5 Å². The third-order valence-corrected chi connectivity index (χ3v) is 2.68. The third-order valence-electron chi connectivity index (χ3n) is 2.68. The molecule has 5 heteroatoms. The fourth-order valence-electron chi connectivity index (χ4n) is 2.38. The third kappa shape index (κ3) is 24.9. The molecule has 0 amide bonds. The molecule has 0 spiro atoms. The molecule has 1 radical (unpaired) electrons. The van der Waals surface area contributed by atoms with Crippen molar-refractivity contribution in [1.29, 1.82) is 0 Å². The largest absolute Gasteiger partial charge is 2.00 e. The SMILES string of the molecule is CC(/C=C(/C)[N-]C(C)C)=NC(C)C.CC(/C=C(/C)[N-]C(C)C)=NC(C)C.[Mn+2]. The maximum atomic E-state index is 4.40. The van der Waals surface area contributed by atoms with E-state index in [0.717, 1.165) is 22.8 Å². The van der Waals surface area contributed by atoms with Crippen LogP contribution in [-0.4, -0.2) is 35.6 Å². The number of nitrogens with zero attached hydrogens (tertiary/aromatic N) is 4. The van der Waals surface area contributed by atoms with Crippen LogP contribution in [0.2, 0.25) is 0 Å². The molecule has 0 atom stereocenters. The molecule has 0 heterocycles. The van der Waals surface area contributed by atoms with Gasteiger partial charge in [-0.15, -0.1) is 12.1 Å². The number of hydrogen-bond acceptors (Lipinski definition) is 2. The van der Waals surface area contributed by atoms with Crippen molar-refractivity contribution in [3.8, 4) is 0 Å². The molecule has 0 aromatic carbocycles. The van der Waals surface area contributed by atoms with Gasteiger partial charge in [0.25, 0.3) is 0 Å². The van der Waals surface area contributed by atoms with Crippen LogP contribution in [0.1, 0.15) is 83.1 Å². The quantitative estimate of drug-likeness (QED) is 0.299. The molecule has 4 nitrogen and oxygen atoms in total. The maximum Gasteiger partial charge on any atom is 2.00 e. The molecular formula is C22H42MnN4. The van der Waals surface area contributed by atoms with Gasteiger partial charge in [-0.1, -0.05) is 53.7 Å². The Balaban J connectivity index is -0.000000411. The summed E-state index contributed by atoms with van der Waals surface area (Å²) in [4.78, 5) is 8.81. The monoisotopic (exact) mass is 417 g/mol. The van der Waals surface area contributed by atoms with Crippen LogP contribution in [0.5, 0.6) is 0 Å². The van der Waals surface area contributed by atoms with Crippen LogP contribution < -0.4 is 0 Å². The molecule has 0 aromatic rings. The Kier molecular flexibility index (Phi) is 19.4. The van der Waals surface area contributed by atoms with Crippen molar-refractivity contribution in [2.24, 2.45) is 9.98 Å². The van der Waals surface area contributed by atoms with Crippen molar-refractivity contribution in [1.82, 2.24) is 0 Å². The van der Waals surface area contributed by atoms with Gasteiger partial charge >= 0.3 is 17.1 Å². The van der Waals surface area contributed by atoms with Gasteiger partial charge in [-0.3, -0.25) is 9.98 Å². The standard InChI is InChI=1S/2C11H21N2.Mn/c2*1-8(2)12-10(5)7-11(6)13-9(3)4;/h2*7-9H,1-6H3;/q2*-1;+2/b2*10-7-,13-11?;. The fraction of sp³-hybridized carbons (Fsp3) is 0.727. The predicted molar refractivity (Wildman–Crippen MR) is 121 cm³/mol. The normalized spacial score (nSPS) is 13.6. The fourth-order valence-corrected chi connectivity index (χ4v) is 2.38. The summed E-state index contributed by atoms with van der Waals surface area (Å²) in [7, 11) is 0. The van der Waals surface area contributed by atoms with Crippen molar-refractivity contribution in [2.75, 3.05) is 0 Å². The summed E-state index contributed by atoms with van der Waals surface area (Å²) in [5, 5.41) is 8.81. The summed E-state index contributed by atoms with van der Waals surface area (Å²) in [6, 6.07) is 1.46. The van der Waals surface area contributed by atoms with E-state index >= 15 is 0 Å². The van der Waals surface area contributed by atoms with E-state index in [-0.39, 0.29) is 17.1 Å².